The summed E-state index contributed by atoms with van der Waals surface area (Å²) in [5.41, 5.74) is 0.479. The summed E-state index contributed by atoms with van der Waals surface area (Å²) in [5, 5.41) is 1.10. The zero-order valence-corrected chi connectivity index (χ0v) is 12.5. The highest BCUT2D eigenvalue weighted by Gasteiger charge is 2.32. The van der Waals surface area contributed by atoms with E-state index in [0.29, 0.717) is 5.41 Å². The molecule has 0 atom stereocenters. The molecule has 1 saturated carbocycles. The van der Waals surface area contributed by atoms with Crippen LogP contribution in [0.2, 0.25) is 0 Å². The zero-order chi connectivity index (χ0) is 12.8. The van der Waals surface area contributed by atoms with Crippen molar-refractivity contribution in [3.63, 3.8) is 0 Å². The summed E-state index contributed by atoms with van der Waals surface area (Å²) < 4.78 is 10.9. The minimum Gasteiger partial charge on any atom is -0.497 e. The second-order valence-electron chi connectivity index (χ2n) is 5.11. The molecule has 18 heavy (non-hydrogen) atoms. The number of rotatable bonds is 6. The number of benzene rings is 1. The van der Waals surface area contributed by atoms with Crippen LogP contribution in [0.15, 0.2) is 24.3 Å². The molecule has 1 aromatic carbocycles. The van der Waals surface area contributed by atoms with Gasteiger partial charge < -0.3 is 9.47 Å². The number of alkyl halides is 1. The van der Waals surface area contributed by atoms with Gasteiger partial charge in [0.1, 0.15) is 11.5 Å². The highest BCUT2D eigenvalue weighted by molar-refractivity contribution is 9.09. The lowest BCUT2D eigenvalue weighted by molar-refractivity contribution is 0.221. The number of hydrogen-bond donors (Lipinski definition) is 0. The first-order chi connectivity index (χ1) is 8.78. The third kappa shape index (κ3) is 3.41. The largest absolute Gasteiger partial charge is 0.497 e. The molecule has 0 aliphatic heterocycles. The van der Waals surface area contributed by atoms with Crippen molar-refractivity contribution in [3.05, 3.63) is 24.3 Å². The van der Waals surface area contributed by atoms with E-state index in [1.807, 2.05) is 24.3 Å². The Morgan fingerprint density at radius 2 is 1.72 bits per heavy atom. The molecule has 0 heterocycles. The van der Waals surface area contributed by atoms with Crippen molar-refractivity contribution in [1.29, 1.82) is 0 Å². The average Bonchev–Trinajstić information content (AvgIpc) is 2.89. The van der Waals surface area contributed by atoms with Gasteiger partial charge in [-0.1, -0.05) is 28.8 Å². The SMILES string of the molecule is COc1ccc(OCCC2(CBr)CCCC2)cc1. The summed E-state index contributed by atoms with van der Waals surface area (Å²) >= 11 is 3.67. The average molecular weight is 313 g/mol. The Kier molecular flexibility index (Phi) is 4.93. The highest BCUT2D eigenvalue weighted by atomic mass is 79.9. The van der Waals surface area contributed by atoms with Crippen molar-refractivity contribution in [2.24, 2.45) is 5.41 Å². The molecule has 0 unspecified atom stereocenters. The van der Waals surface area contributed by atoms with Gasteiger partial charge in [0, 0.05) is 5.33 Å². The van der Waals surface area contributed by atoms with E-state index in [0.717, 1.165) is 29.9 Å². The van der Waals surface area contributed by atoms with Gasteiger partial charge >= 0.3 is 0 Å². The Bertz CT molecular complexity index is 355. The maximum absolute atomic E-state index is 5.82. The van der Waals surface area contributed by atoms with Crippen molar-refractivity contribution in [1.82, 2.24) is 0 Å². The molecule has 0 N–H and O–H groups in total. The van der Waals surface area contributed by atoms with Crippen LogP contribution in [0.1, 0.15) is 32.1 Å². The summed E-state index contributed by atoms with van der Waals surface area (Å²) in [7, 11) is 1.68. The lowest BCUT2D eigenvalue weighted by atomic mass is 9.85. The van der Waals surface area contributed by atoms with Gasteiger partial charge in [-0.15, -0.1) is 0 Å². The van der Waals surface area contributed by atoms with E-state index in [1.54, 1.807) is 7.11 Å². The van der Waals surface area contributed by atoms with E-state index in [-0.39, 0.29) is 0 Å². The molecule has 1 aromatic rings. The Labute approximate surface area is 118 Å². The smallest absolute Gasteiger partial charge is 0.119 e. The Morgan fingerprint density at radius 3 is 2.28 bits per heavy atom. The van der Waals surface area contributed by atoms with Crippen molar-refractivity contribution >= 4 is 15.9 Å². The Balaban J connectivity index is 1.80. The third-order valence-electron chi connectivity index (χ3n) is 3.91. The Morgan fingerprint density at radius 1 is 1.11 bits per heavy atom. The first-order valence-electron chi connectivity index (χ1n) is 6.61. The number of ether oxygens (including phenoxy) is 2. The van der Waals surface area contributed by atoms with E-state index < -0.39 is 0 Å². The van der Waals surface area contributed by atoms with Gasteiger partial charge in [0.15, 0.2) is 0 Å². The van der Waals surface area contributed by atoms with Gasteiger partial charge in [-0.3, -0.25) is 0 Å². The monoisotopic (exact) mass is 312 g/mol. The second kappa shape index (κ2) is 6.46. The molecule has 1 aliphatic carbocycles. The topological polar surface area (TPSA) is 18.5 Å². The van der Waals surface area contributed by atoms with Crippen LogP contribution in [-0.4, -0.2) is 19.0 Å². The van der Waals surface area contributed by atoms with Gasteiger partial charge in [-0.05, 0) is 48.9 Å². The van der Waals surface area contributed by atoms with Crippen molar-refractivity contribution in [2.45, 2.75) is 32.1 Å². The van der Waals surface area contributed by atoms with Crippen LogP contribution < -0.4 is 9.47 Å². The van der Waals surface area contributed by atoms with E-state index in [9.17, 15) is 0 Å². The van der Waals surface area contributed by atoms with Gasteiger partial charge in [-0.25, -0.2) is 0 Å². The zero-order valence-electron chi connectivity index (χ0n) is 11.0. The maximum Gasteiger partial charge on any atom is 0.119 e. The van der Waals surface area contributed by atoms with Gasteiger partial charge in [0.2, 0.25) is 0 Å². The van der Waals surface area contributed by atoms with Crippen LogP contribution in [0.3, 0.4) is 0 Å². The molecule has 2 nitrogen and oxygen atoms in total. The van der Waals surface area contributed by atoms with Crippen molar-refractivity contribution in [2.75, 3.05) is 19.0 Å². The quantitative estimate of drug-likeness (QED) is 0.724. The molecule has 0 saturated heterocycles. The summed E-state index contributed by atoms with van der Waals surface area (Å²) in [6.45, 7) is 0.804. The fourth-order valence-corrected chi connectivity index (χ4v) is 3.47. The van der Waals surface area contributed by atoms with Gasteiger partial charge in [0.25, 0.3) is 0 Å². The van der Waals surface area contributed by atoms with Crippen LogP contribution in [-0.2, 0) is 0 Å². The molecular weight excluding hydrogens is 292 g/mol. The van der Waals surface area contributed by atoms with Crippen LogP contribution in [0, 0.1) is 5.41 Å². The van der Waals surface area contributed by atoms with E-state index in [1.165, 1.54) is 25.7 Å². The minimum atomic E-state index is 0.479. The lowest BCUT2D eigenvalue weighted by Gasteiger charge is -2.26. The molecule has 1 aliphatic rings. The third-order valence-corrected chi connectivity index (χ3v) is 5.10. The Hall–Kier alpha value is -0.700. The molecule has 0 aromatic heterocycles. The normalized spacial score (nSPS) is 17.7. The number of hydrogen-bond acceptors (Lipinski definition) is 2. The standard InChI is InChI=1S/C15H21BrO2/c1-17-13-4-6-14(7-5-13)18-11-10-15(12-16)8-2-3-9-15/h4-7H,2-3,8-12H2,1H3. The first kappa shape index (κ1) is 13.7. The van der Waals surface area contributed by atoms with Gasteiger partial charge in [0.05, 0.1) is 13.7 Å². The predicted octanol–water partition coefficient (Wildman–Crippen LogP) is 4.42. The predicted molar refractivity (Wildman–Crippen MR) is 77.8 cm³/mol. The molecule has 0 amide bonds. The molecule has 0 radical (unpaired) electrons. The molecule has 100 valence electrons. The molecule has 2 rings (SSSR count). The maximum atomic E-state index is 5.82. The molecular formula is C15H21BrO2. The number of halogens is 1. The molecule has 0 spiro atoms. The van der Waals surface area contributed by atoms with E-state index in [4.69, 9.17) is 9.47 Å². The van der Waals surface area contributed by atoms with Crippen LogP contribution in [0.25, 0.3) is 0 Å². The van der Waals surface area contributed by atoms with E-state index in [2.05, 4.69) is 15.9 Å². The van der Waals surface area contributed by atoms with E-state index >= 15 is 0 Å². The molecule has 3 heteroatoms. The lowest BCUT2D eigenvalue weighted by Crippen LogP contribution is -2.21. The summed E-state index contributed by atoms with van der Waals surface area (Å²) in [5.74, 6) is 1.80. The summed E-state index contributed by atoms with van der Waals surface area (Å²) in [6, 6.07) is 7.80. The fourth-order valence-electron chi connectivity index (χ4n) is 2.63. The van der Waals surface area contributed by atoms with Crippen LogP contribution in [0.4, 0.5) is 0 Å². The van der Waals surface area contributed by atoms with Crippen molar-refractivity contribution < 1.29 is 9.47 Å². The first-order valence-corrected chi connectivity index (χ1v) is 7.73. The minimum absolute atomic E-state index is 0.479. The fraction of sp³-hybridized carbons (Fsp3) is 0.600. The number of methoxy groups -OCH3 is 1. The van der Waals surface area contributed by atoms with Crippen LogP contribution in [0.5, 0.6) is 11.5 Å². The van der Waals surface area contributed by atoms with Crippen molar-refractivity contribution in [3.8, 4) is 11.5 Å². The summed E-state index contributed by atoms with van der Waals surface area (Å²) in [4.78, 5) is 0. The second-order valence-corrected chi connectivity index (χ2v) is 5.68. The molecule has 0 bridgehead atoms. The van der Waals surface area contributed by atoms with Crippen LogP contribution >= 0.6 is 15.9 Å². The molecule has 1 fully saturated rings. The highest BCUT2D eigenvalue weighted by Crippen LogP contribution is 2.42. The summed E-state index contributed by atoms with van der Waals surface area (Å²) in [6.07, 6.45) is 6.56. The van der Waals surface area contributed by atoms with Gasteiger partial charge in [-0.2, -0.15) is 0 Å².